The molecule has 0 heterocycles. The Morgan fingerprint density at radius 3 is 1.00 bits per heavy atom. The highest BCUT2D eigenvalue weighted by atomic mass is 16.5. The number of amides is 1. The number of unbranched alkanes of at least 4 members (excludes halogenated alkanes) is 48. The van der Waals surface area contributed by atoms with Crippen LogP contribution in [0.3, 0.4) is 0 Å². The van der Waals surface area contributed by atoms with Crippen LogP contribution in [0.2, 0.25) is 0 Å². The third-order valence-electron chi connectivity index (χ3n) is 15.2. The minimum Gasteiger partial charge on any atom is -0.466 e. The van der Waals surface area contributed by atoms with Gasteiger partial charge in [-0.2, -0.15) is 0 Å². The van der Waals surface area contributed by atoms with Gasteiger partial charge in [0, 0.05) is 12.8 Å². The smallest absolute Gasteiger partial charge is 0.305 e. The van der Waals surface area contributed by atoms with Crippen LogP contribution < -0.4 is 5.32 Å². The summed E-state index contributed by atoms with van der Waals surface area (Å²) in [5, 5.41) is 23.0. The maximum Gasteiger partial charge on any atom is 0.305 e. The molecule has 0 saturated heterocycles. The van der Waals surface area contributed by atoms with Crippen molar-refractivity contribution in [2.45, 2.75) is 373 Å². The molecule has 0 saturated carbocycles. The predicted molar refractivity (Wildman–Crippen MR) is 315 cm³/mol. The molecular weight excluding hydrogens is 887 g/mol. The summed E-state index contributed by atoms with van der Waals surface area (Å²) >= 11 is 0. The monoisotopic (exact) mass is 1010 g/mol. The summed E-state index contributed by atoms with van der Waals surface area (Å²) in [5.74, 6) is -0.0523. The Kier molecular flexibility index (Phi) is 60.5. The van der Waals surface area contributed by atoms with Crippen LogP contribution in [0.5, 0.6) is 0 Å². The molecule has 2 atom stereocenters. The zero-order valence-corrected chi connectivity index (χ0v) is 48.7. The highest BCUT2D eigenvalue weighted by Gasteiger charge is 2.18. The van der Waals surface area contributed by atoms with Gasteiger partial charge in [-0.25, -0.2) is 0 Å². The van der Waals surface area contributed by atoms with E-state index in [1.807, 2.05) is 6.08 Å². The normalized spacial score (nSPS) is 12.7. The first-order chi connectivity index (χ1) is 35.5. The Labute approximate surface area is 450 Å². The quantitative estimate of drug-likeness (QED) is 0.0320. The van der Waals surface area contributed by atoms with E-state index in [0.717, 1.165) is 44.9 Å². The Bertz CT molecular complexity index is 1120. The van der Waals surface area contributed by atoms with Gasteiger partial charge in [0.1, 0.15) is 0 Å². The van der Waals surface area contributed by atoms with Crippen LogP contribution >= 0.6 is 0 Å². The van der Waals surface area contributed by atoms with Crippen molar-refractivity contribution >= 4 is 11.9 Å². The van der Waals surface area contributed by atoms with Crippen LogP contribution in [0.4, 0.5) is 0 Å². The first-order valence-corrected chi connectivity index (χ1v) is 32.6. The molecule has 0 aromatic rings. The number of carbonyl (C=O) groups is 2. The van der Waals surface area contributed by atoms with E-state index < -0.39 is 12.1 Å². The van der Waals surface area contributed by atoms with Gasteiger partial charge in [0.05, 0.1) is 25.4 Å². The molecule has 0 fully saturated rings. The molecule has 0 bridgehead atoms. The molecule has 0 radical (unpaired) electrons. The fourth-order valence-electron chi connectivity index (χ4n) is 10.2. The highest BCUT2D eigenvalue weighted by molar-refractivity contribution is 5.76. The van der Waals surface area contributed by atoms with E-state index in [-0.39, 0.29) is 18.5 Å². The first-order valence-electron chi connectivity index (χ1n) is 32.6. The van der Waals surface area contributed by atoms with Crippen molar-refractivity contribution in [2.75, 3.05) is 13.2 Å². The van der Waals surface area contributed by atoms with Crippen molar-refractivity contribution in [1.29, 1.82) is 0 Å². The maximum atomic E-state index is 12.4. The predicted octanol–water partition coefficient (Wildman–Crippen LogP) is 20.6. The van der Waals surface area contributed by atoms with Crippen molar-refractivity contribution in [3.05, 3.63) is 24.3 Å². The first kappa shape index (κ1) is 70.3. The summed E-state index contributed by atoms with van der Waals surface area (Å²) < 4.78 is 5.48. The fraction of sp³-hybridized carbons (Fsp3) is 0.909. The van der Waals surface area contributed by atoms with Crippen molar-refractivity contribution in [3.8, 4) is 0 Å². The lowest BCUT2D eigenvalue weighted by Gasteiger charge is -2.20. The zero-order valence-electron chi connectivity index (χ0n) is 48.7. The molecule has 72 heavy (non-hydrogen) atoms. The van der Waals surface area contributed by atoms with Crippen LogP contribution in [0.15, 0.2) is 24.3 Å². The molecule has 0 aliphatic heterocycles. The van der Waals surface area contributed by atoms with E-state index in [2.05, 4.69) is 31.3 Å². The average molecular weight is 1010 g/mol. The minimum absolute atomic E-state index is 0.0118. The Morgan fingerprint density at radius 1 is 0.375 bits per heavy atom. The van der Waals surface area contributed by atoms with E-state index in [4.69, 9.17) is 4.74 Å². The van der Waals surface area contributed by atoms with Gasteiger partial charge in [0.25, 0.3) is 0 Å². The lowest BCUT2D eigenvalue weighted by atomic mass is 10.0. The number of ether oxygens (including phenoxy) is 1. The van der Waals surface area contributed by atoms with Crippen LogP contribution in [0.1, 0.15) is 361 Å². The number of hydrogen-bond acceptors (Lipinski definition) is 5. The Hall–Kier alpha value is -1.66. The topological polar surface area (TPSA) is 95.9 Å². The number of carbonyl (C=O) groups excluding carboxylic acids is 2. The molecule has 426 valence electrons. The van der Waals surface area contributed by atoms with Crippen molar-refractivity contribution < 1.29 is 24.5 Å². The van der Waals surface area contributed by atoms with E-state index in [0.29, 0.717) is 19.4 Å². The second kappa shape index (κ2) is 61.9. The van der Waals surface area contributed by atoms with Gasteiger partial charge in [-0.15, -0.1) is 0 Å². The van der Waals surface area contributed by atoms with Crippen LogP contribution in [0.25, 0.3) is 0 Å². The Balaban J connectivity index is 3.30. The number of allylic oxidation sites excluding steroid dienone is 3. The van der Waals surface area contributed by atoms with Gasteiger partial charge >= 0.3 is 5.97 Å². The fourth-order valence-corrected chi connectivity index (χ4v) is 10.2. The lowest BCUT2D eigenvalue weighted by molar-refractivity contribution is -0.143. The summed E-state index contributed by atoms with van der Waals surface area (Å²) in [6.07, 6.45) is 76.9. The molecule has 0 spiro atoms. The SMILES string of the molecule is CCCCCC/C=C\CCCCCCCC(=O)OCCCCCCCCCCCCCCCCCCCCCCCCCCCCCCCCCCC(=O)NC(CO)C(O)/C=C/CCCCCCCCCC. The van der Waals surface area contributed by atoms with Gasteiger partial charge in [-0.1, -0.05) is 314 Å². The molecule has 6 nitrogen and oxygen atoms in total. The van der Waals surface area contributed by atoms with Crippen LogP contribution in [-0.2, 0) is 14.3 Å². The summed E-state index contributed by atoms with van der Waals surface area (Å²) in [7, 11) is 0. The van der Waals surface area contributed by atoms with Crippen molar-refractivity contribution in [3.63, 3.8) is 0 Å². The van der Waals surface area contributed by atoms with Gasteiger partial charge < -0.3 is 20.3 Å². The third-order valence-corrected chi connectivity index (χ3v) is 15.2. The molecular formula is C66H127NO5. The van der Waals surface area contributed by atoms with E-state index >= 15 is 0 Å². The minimum atomic E-state index is -0.839. The van der Waals surface area contributed by atoms with Gasteiger partial charge in [-0.3, -0.25) is 9.59 Å². The highest BCUT2D eigenvalue weighted by Crippen LogP contribution is 2.18. The second-order valence-corrected chi connectivity index (χ2v) is 22.5. The van der Waals surface area contributed by atoms with Gasteiger partial charge in [0.15, 0.2) is 0 Å². The number of aliphatic hydroxyl groups is 2. The van der Waals surface area contributed by atoms with Gasteiger partial charge in [-0.05, 0) is 57.8 Å². The molecule has 0 aromatic carbocycles. The second-order valence-electron chi connectivity index (χ2n) is 22.5. The number of aliphatic hydroxyl groups excluding tert-OH is 2. The average Bonchev–Trinajstić information content (AvgIpc) is 3.38. The lowest BCUT2D eigenvalue weighted by Crippen LogP contribution is -2.45. The van der Waals surface area contributed by atoms with Crippen LogP contribution in [0, 0.1) is 0 Å². The Morgan fingerprint density at radius 2 is 0.653 bits per heavy atom. The summed E-state index contributed by atoms with van der Waals surface area (Å²) in [4.78, 5) is 24.4. The number of rotatable bonds is 61. The molecule has 0 rings (SSSR count). The van der Waals surface area contributed by atoms with Gasteiger partial charge in [0.2, 0.25) is 5.91 Å². The largest absolute Gasteiger partial charge is 0.466 e. The molecule has 2 unspecified atom stereocenters. The van der Waals surface area contributed by atoms with E-state index in [1.165, 1.54) is 289 Å². The van der Waals surface area contributed by atoms with Crippen molar-refractivity contribution in [1.82, 2.24) is 5.32 Å². The molecule has 1 amide bonds. The summed E-state index contributed by atoms with van der Waals surface area (Å²) in [6, 6.07) is -0.622. The molecule has 0 aromatic heterocycles. The number of esters is 1. The molecule has 0 aliphatic carbocycles. The number of nitrogens with one attached hydrogen (secondary N) is 1. The number of hydrogen-bond donors (Lipinski definition) is 3. The maximum absolute atomic E-state index is 12.4. The standard InChI is InChI=1S/C66H127NO5/c1-3-5-7-9-11-13-15-36-40-44-48-52-56-60-66(71)72-61-57-53-49-45-41-38-35-33-31-29-27-25-23-21-19-17-16-18-20-22-24-26-28-30-32-34-37-39-43-47-51-55-59-65(70)67-63(62-68)64(69)58-54-50-46-42-14-12-10-8-6-4-2/h13,15,54,58,63-64,68-69H,3-12,14,16-53,55-57,59-62H2,1-2H3,(H,67,70)/b15-13-,58-54+. The summed E-state index contributed by atoms with van der Waals surface area (Å²) in [6.45, 7) is 4.89. The molecule has 3 N–H and O–H groups in total. The summed E-state index contributed by atoms with van der Waals surface area (Å²) in [5.41, 5.74) is 0. The molecule has 6 heteroatoms. The van der Waals surface area contributed by atoms with E-state index in [1.54, 1.807) is 6.08 Å². The van der Waals surface area contributed by atoms with Crippen molar-refractivity contribution in [2.24, 2.45) is 0 Å². The van der Waals surface area contributed by atoms with Crippen LogP contribution in [-0.4, -0.2) is 47.4 Å². The zero-order chi connectivity index (χ0) is 52.2. The third kappa shape index (κ3) is 57.6. The molecule has 0 aliphatic rings. The van der Waals surface area contributed by atoms with E-state index in [9.17, 15) is 19.8 Å².